The standard InChI is InChI=1S/C12H19NOS/c1-9(2)6-7-15-11-4-5-12(10(3)14)13-8-11/h4-5,8-10,14H,6-7H2,1-3H3/t10-/m0/s1. The van der Waals surface area contributed by atoms with Crippen LogP contribution in [0.15, 0.2) is 23.2 Å². The first-order valence-electron chi connectivity index (χ1n) is 5.36. The van der Waals surface area contributed by atoms with Crippen LogP contribution < -0.4 is 0 Å². The van der Waals surface area contributed by atoms with Gasteiger partial charge < -0.3 is 5.11 Å². The lowest BCUT2D eigenvalue weighted by Gasteiger charge is -2.06. The molecule has 0 unspecified atom stereocenters. The van der Waals surface area contributed by atoms with Gasteiger partial charge >= 0.3 is 0 Å². The highest BCUT2D eigenvalue weighted by atomic mass is 32.2. The second-order valence-electron chi connectivity index (χ2n) is 4.13. The molecule has 15 heavy (non-hydrogen) atoms. The molecule has 1 N–H and O–H groups in total. The zero-order valence-corrected chi connectivity index (χ0v) is 10.4. The number of rotatable bonds is 5. The molecule has 0 spiro atoms. The van der Waals surface area contributed by atoms with Crippen molar-refractivity contribution in [2.45, 2.75) is 38.2 Å². The van der Waals surface area contributed by atoms with Gasteiger partial charge in [-0.1, -0.05) is 13.8 Å². The van der Waals surface area contributed by atoms with Crippen molar-refractivity contribution >= 4 is 11.8 Å². The Bertz CT molecular complexity index is 282. The van der Waals surface area contributed by atoms with Crippen LogP contribution in [0.4, 0.5) is 0 Å². The minimum Gasteiger partial charge on any atom is -0.387 e. The highest BCUT2D eigenvalue weighted by molar-refractivity contribution is 7.99. The van der Waals surface area contributed by atoms with E-state index in [1.165, 1.54) is 11.3 Å². The quantitative estimate of drug-likeness (QED) is 0.781. The normalized spacial score (nSPS) is 13.1. The molecule has 1 heterocycles. The van der Waals surface area contributed by atoms with E-state index >= 15 is 0 Å². The number of hydrogen-bond donors (Lipinski definition) is 1. The first-order chi connectivity index (χ1) is 7.09. The fraction of sp³-hybridized carbons (Fsp3) is 0.583. The third-order valence-corrected chi connectivity index (χ3v) is 3.17. The highest BCUT2D eigenvalue weighted by Crippen LogP contribution is 2.20. The van der Waals surface area contributed by atoms with Gasteiger partial charge in [0.1, 0.15) is 0 Å². The molecule has 84 valence electrons. The van der Waals surface area contributed by atoms with Crippen LogP contribution in [-0.4, -0.2) is 15.8 Å². The van der Waals surface area contributed by atoms with Crippen LogP contribution >= 0.6 is 11.8 Å². The summed E-state index contributed by atoms with van der Waals surface area (Å²) >= 11 is 1.83. The number of aliphatic hydroxyl groups is 1. The first-order valence-corrected chi connectivity index (χ1v) is 6.35. The van der Waals surface area contributed by atoms with Crippen LogP contribution in [0.5, 0.6) is 0 Å². The molecule has 0 aromatic carbocycles. The Morgan fingerprint density at radius 1 is 1.33 bits per heavy atom. The van der Waals surface area contributed by atoms with Gasteiger partial charge in [-0.3, -0.25) is 4.98 Å². The van der Waals surface area contributed by atoms with E-state index in [0.29, 0.717) is 0 Å². The van der Waals surface area contributed by atoms with Crippen molar-refractivity contribution in [2.24, 2.45) is 5.92 Å². The zero-order valence-electron chi connectivity index (χ0n) is 9.60. The number of pyridine rings is 1. The van der Waals surface area contributed by atoms with E-state index in [0.717, 1.165) is 17.4 Å². The van der Waals surface area contributed by atoms with E-state index in [4.69, 9.17) is 0 Å². The smallest absolute Gasteiger partial charge is 0.0931 e. The van der Waals surface area contributed by atoms with Gasteiger partial charge in [-0.25, -0.2) is 0 Å². The van der Waals surface area contributed by atoms with Crippen molar-refractivity contribution < 1.29 is 5.11 Å². The SMILES string of the molecule is CC(C)CCSc1ccc([C@H](C)O)nc1. The Morgan fingerprint density at radius 3 is 2.53 bits per heavy atom. The summed E-state index contributed by atoms with van der Waals surface area (Å²) in [5.41, 5.74) is 0.739. The van der Waals surface area contributed by atoms with Crippen molar-refractivity contribution in [3.63, 3.8) is 0 Å². The molecule has 0 aliphatic rings. The molecule has 1 aromatic rings. The van der Waals surface area contributed by atoms with Crippen LogP contribution in [0.3, 0.4) is 0 Å². The maximum absolute atomic E-state index is 9.29. The van der Waals surface area contributed by atoms with Crippen LogP contribution in [0.25, 0.3) is 0 Å². The van der Waals surface area contributed by atoms with E-state index in [9.17, 15) is 5.11 Å². The summed E-state index contributed by atoms with van der Waals surface area (Å²) in [6, 6.07) is 3.92. The van der Waals surface area contributed by atoms with Crippen LogP contribution in [0.2, 0.25) is 0 Å². The number of hydrogen-bond acceptors (Lipinski definition) is 3. The summed E-state index contributed by atoms with van der Waals surface area (Å²) in [6.07, 6.45) is 2.59. The lowest BCUT2D eigenvalue weighted by molar-refractivity contribution is 0.194. The highest BCUT2D eigenvalue weighted by Gasteiger charge is 2.02. The maximum Gasteiger partial charge on any atom is 0.0931 e. The van der Waals surface area contributed by atoms with Crippen LogP contribution in [-0.2, 0) is 0 Å². The minimum absolute atomic E-state index is 0.472. The molecule has 0 saturated carbocycles. The number of thioether (sulfide) groups is 1. The topological polar surface area (TPSA) is 33.1 Å². The van der Waals surface area contributed by atoms with E-state index in [2.05, 4.69) is 18.8 Å². The average molecular weight is 225 g/mol. The van der Waals surface area contributed by atoms with Gasteiger partial charge in [-0.15, -0.1) is 11.8 Å². The van der Waals surface area contributed by atoms with Crippen molar-refractivity contribution in [2.75, 3.05) is 5.75 Å². The summed E-state index contributed by atoms with van der Waals surface area (Å²) in [5, 5.41) is 9.29. The fourth-order valence-electron chi connectivity index (χ4n) is 1.14. The number of nitrogens with zero attached hydrogens (tertiary/aromatic N) is 1. The Balaban J connectivity index is 2.43. The molecule has 1 aromatic heterocycles. The first kappa shape index (κ1) is 12.5. The Morgan fingerprint density at radius 2 is 2.07 bits per heavy atom. The Hall–Kier alpha value is -0.540. The lowest BCUT2D eigenvalue weighted by atomic mass is 10.2. The van der Waals surface area contributed by atoms with Gasteiger partial charge in [0.2, 0.25) is 0 Å². The predicted molar refractivity (Wildman–Crippen MR) is 65.0 cm³/mol. The molecule has 0 radical (unpaired) electrons. The largest absolute Gasteiger partial charge is 0.387 e. The molecular formula is C12H19NOS. The van der Waals surface area contributed by atoms with Crippen molar-refractivity contribution in [3.8, 4) is 0 Å². The molecule has 1 rings (SSSR count). The van der Waals surface area contributed by atoms with E-state index in [1.54, 1.807) is 6.92 Å². The van der Waals surface area contributed by atoms with E-state index in [-0.39, 0.29) is 0 Å². The summed E-state index contributed by atoms with van der Waals surface area (Å²) < 4.78 is 0. The van der Waals surface area contributed by atoms with E-state index in [1.807, 2.05) is 30.1 Å². The zero-order chi connectivity index (χ0) is 11.3. The van der Waals surface area contributed by atoms with Gasteiger partial charge in [0, 0.05) is 11.1 Å². The molecular weight excluding hydrogens is 206 g/mol. The average Bonchev–Trinajstić information content (AvgIpc) is 2.18. The van der Waals surface area contributed by atoms with Crippen molar-refractivity contribution in [1.29, 1.82) is 0 Å². The summed E-state index contributed by atoms with van der Waals surface area (Å²) in [4.78, 5) is 5.39. The Labute approximate surface area is 96.1 Å². The summed E-state index contributed by atoms with van der Waals surface area (Å²) in [7, 11) is 0. The van der Waals surface area contributed by atoms with Gasteiger partial charge in [-0.05, 0) is 37.1 Å². The summed E-state index contributed by atoms with van der Waals surface area (Å²) in [5.74, 6) is 1.88. The van der Waals surface area contributed by atoms with E-state index < -0.39 is 6.10 Å². The molecule has 0 amide bonds. The fourth-order valence-corrected chi connectivity index (χ4v) is 2.25. The van der Waals surface area contributed by atoms with Crippen LogP contribution in [0.1, 0.15) is 39.0 Å². The molecule has 3 heteroatoms. The molecule has 0 aliphatic carbocycles. The molecule has 0 aliphatic heterocycles. The van der Waals surface area contributed by atoms with Crippen molar-refractivity contribution in [3.05, 3.63) is 24.0 Å². The van der Waals surface area contributed by atoms with Gasteiger partial charge in [0.25, 0.3) is 0 Å². The number of aliphatic hydroxyl groups excluding tert-OH is 1. The van der Waals surface area contributed by atoms with Gasteiger partial charge in [0.15, 0.2) is 0 Å². The second kappa shape index (κ2) is 6.13. The maximum atomic E-state index is 9.29. The lowest BCUT2D eigenvalue weighted by Crippen LogP contribution is -1.95. The summed E-state index contributed by atoms with van der Waals surface area (Å²) in [6.45, 7) is 6.19. The van der Waals surface area contributed by atoms with Crippen LogP contribution in [0, 0.1) is 5.92 Å². The van der Waals surface area contributed by atoms with Crippen molar-refractivity contribution in [1.82, 2.24) is 4.98 Å². The number of aromatic nitrogens is 1. The van der Waals surface area contributed by atoms with Gasteiger partial charge in [0.05, 0.1) is 11.8 Å². The minimum atomic E-state index is -0.472. The van der Waals surface area contributed by atoms with Gasteiger partial charge in [-0.2, -0.15) is 0 Å². The monoisotopic (exact) mass is 225 g/mol. The third-order valence-electron chi connectivity index (χ3n) is 2.15. The molecule has 0 fully saturated rings. The third kappa shape index (κ3) is 4.67. The predicted octanol–water partition coefficient (Wildman–Crippen LogP) is 3.27. The molecule has 0 saturated heterocycles. The Kier molecular flexibility index (Phi) is 5.12. The second-order valence-corrected chi connectivity index (χ2v) is 5.29. The molecule has 1 atom stereocenters. The molecule has 0 bridgehead atoms. The molecule has 2 nitrogen and oxygen atoms in total.